The Morgan fingerprint density at radius 2 is 1.38 bits per heavy atom. The van der Waals surface area contributed by atoms with E-state index in [0.717, 1.165) is 43.6 Å². The monoisotopic (exact) mass is 353 g/mol. The van der Waals surface area contributed by atoms with E-state index in [2.05, 4.69) is 25.7 Å². The van der Waals surface area contributed by atoms with Crippen molar-refractivity contribution in [2.45, 2.75) is 45.6 Å². The first-order valence-electron chi connectivity index (χ1n) is 9.72. The average molecular weight is 354 g/mol. The van der Waals surface area contributed by atoms with Crippen molar-refractivity contribution in [1.82, 2.24) is 4.90 Å². The topological polar surface area (TPSA) is 29.5 Å². The van der Waals surface area contributed by atoms with Crippen molar-refractivity contribution >= 4 is 5.97 Å². The molecule has 0 saturated carbocycles. The average Bonchev–Trinajstić information content (AvgIpc) is 2.68. The Hall–Kier alpha value is -2.13. The number of benzene rings is 2. The maximum atomic E-state index is 13.1. The second kappa shape index (κ2) is 10.8. The SMILES string of the molecule is CCCC(CN(CC)CC)OC(=O)C(c1ccccc1)c1ccccc1. The highest BCUT2D eigenvalue weighted by molar-refractivity contribution is 5.82. The molecule has 3 heteroatoms. The molecule has 0 heterocycles. The summed E-state index contributed by atoms with van der Waals surface area (Å²) in [6.07, 6.45) is 1.82. The third-order valence-corrected chi connectivity index (χ3v) is 4.75. The summed E-state index contributed by atoms with van der Waals surface area (Å²) in [4.78, 5) is 15.5. The fourth-order valence-corrected chi connectivity index (χ4v) is 3.27. The van der Waals surface area contributed by atoms with Crippen LogP contribution >= 0.6 is 0 Å². The van der Waals surface area contributed by atoms with Gasteiger partial charge in [0, 0.05) is 6.54 Å². The van der Waals surface area contributed by atoms with Crippen molar-refractivity contribution in [1.29, 1.82) is 0 Å². The molecule has 1 atom stereocenters. The van der Waals surface area contributed by atoms with E-state index in [1.165, 1.54) is 0 Å². The van der Waals surface area contributed by atoms with Crippen LogP contribution in [-0.4, -0.2) is 36.6 Å². The van der Waals surface area contributed by atoms with E-state index in [-0.39, 0.29) is 18.0 Å². The van der Waals surface area contributed by atoms with E-state index < -0.39 is 0 Å². The van der Waals surface area contributed by atoms with Crippen LogP contribution in [0.15, 0.2) is 60.7 Å². The third kappa shape index (κ3) is 5.70. The maximum Gasteiger partial charge on any atom is 0.318 e. The molecular weight excluding hydrogens is 322 g/mol. The molecular formula is C23H31NO2. The van der Waals surface area contributed by atoms with Crippen LogP contribution in [-0.2, 0) is 9.53 Å². The van der Waals surface area contributed by atoms with E-state index in [0.29, 0.717) is 0 Å². The minimum Gasteiger partial charge on any atom is -0.460 e. The molecule has 0 N–H and O–H groups in total. The summed E-state index contributed by atoms with van der Waals surface area (Å²) in [5, 5.41) is 0. The number of rotatable bonds is 10. The lowest BCUT2D eigenvalue weighted by Gasteiger charge is -2.27. The molecule has 0 bridgehead atoms. The van der Waals surface area contributed by atoms with E-state index in [4.69, 9.17) is 4.74 Å². The van der Waals surface area contributed by atoms with E-state index >= 15 is 0 Å². The number of carbonyl (C=O) groups is 1. The predicted octanol–water partition coefficient (Wildman–Crippen LogP) is 4.87. The molecule has 26 heavy (non-hydrogen) atoms. The zero-order valence-electron chi connectivity index (χ0n) is 16.2. The number of nitrogens with zero attached hydrogens (tertiary/aromatic N) is 1. The van der Waals surface area contributed by atoms with Gasteiger partial charge in [-0.3, -0.25) is 4.79 Å². The zero-order valence-corrected chi connectivity index (χ0v) is 16.2. The number of likely N-dealkylation sites (N-methyl/N-ethyl adjacent to an activating group) is 1. The van der Waals surface area contributed by atoms with Crippen molar-refractivity contribution in [3.8, 4) is 0 Å². The second-order valence-corrected chi connectivity index (χ2v) is 6.59. The molecule has 140 valence electrons. The van der Waals surface area contributed by atoms with Crippen LogP contribution in [0.25, 0.3) is 0 Å². The molecule has 0 radical (unpaired) electrons. The van der Waals surface area contributed by atoms with E-state index in [1.54, 1.807) is 0 Å². The first kappa shape index (κ1) is 20.2. The molecule has 0 aliphatic rings. The van der Waals surface area contributed by atoms with Gasteiger partial charge in [0.1, 0.15) is 12.0 Å². The van der Waals surface area contributed by atoms with Crippen molar-refractivity contribution < 1.29 is 9.53 Å². The zero-order chi connectivity index (χ0) is 18.8. The molecule has 0 fully saturated rings. The molecule has 2 aromatic rings. The van der Waals surface area contributed by atoms with Gasteiger partial charge in [-0.05, 0) is 30.6 Å². The molecule has 0 saturated heterocycles. The van der Waals surface area contributed by atoms with Gasteiger partial charge in [0.15, 0.2) is 0 Å². The molecule has 0 amide bonds. The van der Waals surface area contributed by atoms with Gasteiger partial charge in [-0.15, -0.1) is 0 Å². The molecule has 0 spiro atoms. The smallest absolute Gasteiger partial charge is 0.318 e. The van der Waals surface area contributed by atoms with Crippen LogP contribution in [0.3, 0.4) is 0 Å². The molecule has 2 aromatic carbocycles. The Balaban J connectivity index is 2.22. The predicted molar refractivity (Wildman–Crippen MR) is 107 cm³/mol. The van der Waals surface area contributed by atoms with Crippen LogP contribution < -0.4 is 0 Å². The first-order chi connectivity index (χ1) is 12.7. The van der Waals surface area contributed by atoms with Crippen LogP contribution in [0.5, 0.6) is 0 Å². The van der Waals surface area contributed by atoms with Crippen LogP contribution in [0.2, 0.25) is 0 Å². The minimum absolute atomic E-state index is 0.0673. The lowest BCUT2D eigenvalue weighted by molar-refractivity contribution is -0.151. The number of hydrogen-bond acceptors (Lipinski definition) is 3. The van der Waals surface area contributed by atoms with Crippen molar-refractivity contribution in [2.24, 2.45) is 0 Å². The fraction of sp³-hybridized carbons (Fsp3) is 0.435. The lowest BCUT2D eigenvalue weighted by Crippen LogP contribution is -2.36. The van der Waals surface area contributed by atoms with Crippen LogP contribution in [0, 0.1) is 0 Å². The van der Waals surface area contributed by atoms with Crippen molar-refractivity contribution in [2.75, 3.05) is 19.6 Å². The van der Waals surface area contributed by atoms with Crippen LogP contribution in [0.1, 0.15) is 50.7 Å². The van der Waals surface area contributed by atoms with Gasteiger partial charge in [0.25, 0.3) is 0 Å². The fourth-order valence-electron chi connectivity index (χ4n) is 3.27. The number of esters is 1. The van der Waals surface area contributed by atoms with Gasteiger partial charge in [-0.2, -0.15) is 0 Å². The van der Waals surface area contributed by atoms with Gasteiger partial charge in [0.05, 0.1) is 0 Å². The Morgan fingerprint density at radius 1 is 0.885 bits per heavy atom. The number of ether oxygens (including phenoxy) is 1. The van der Waals surface area contributed by atoms with Crippen molar-refractivity contribution in [3.05, 3.63) is 71.8 Å². The van der Waals surface area contributed by atoms with Crippen LogP contribution in [0.4, 0.5) is 0 Å². The Labute approximate surface area is 158 Å². The molecule has 3 nitrogen and oxygen atoms in total. The highest BCUT2D eigenvalue weighted by Gasteiger charge is 2.27. The molecule has 0 aromatic heterocycles. The van der Waals surface area contributed by atoms with Gasteiger partial charge in [-0.25, -0.2) is 0 Å². The maximum absolute atomic E-state index is 13.1. The normalized spacial score (nSPS) is 12.3. The minimum atomic E-state index is -0.381. The Kier molecular flexibility index (Phi) is 8.36. The standard InChI is InChI=1S/C23H31NO2/c1-4-13-21(18-24(5-2)6-3)26-23(25)22(19-14-9-7-10-15-19)20-16-11-8-12-17-20/h7-12,14-17,21-22H,4-6,13,18H2,1-3H3. The Morgan fingerprint density at radius 3 is 1.81 bits per heavy atom. The summed E-state index contributed by atoms with van der Waals surface area (Å²) in [5.74, 6) is -0.540. The highest BCUT2D eigenvalue weighted by Crippen LogP contribution is 2.27. The largest absolute Gasteiger partial charge is 0.460 e. The first-order valence-corrected chi connectivity index (χ1v) is 9.72. The third-order valence-electron chi connectivity index (χ3n) is 4.75. The summed E-state index contributed by atoms with van der Waals surface area (Å²) in [6, 6.07) is 19.8. The summed E-state index contributed by atoms with van der Waals surface area (Å²) in [7, 11) is 0. The number of hydrogen-bond donors (Lipinski definition) is 0. The van der Waals surface area contributed by atoms with Gasteiger partial charge in [0.2, 0.25) is 0 Å². The van der Waals surface area contributed by atoms with Gasteiger partial charge >= 0.3 is 5.97 Å². The summed E-state index contributed by atoms with van der Waals surface area (Å²) in [5.41, 5.74) is 1.95. The molecule has 0 aliphatic carbocycles. The number of carbonyl (C=O) groups excluding carboxylic acids is 1. The quantitative estimate of drug-likeness (QED) is 0.571. The van der Waals surface area contributed by atoms with E-state index in [9.17, 15) is 4.79 Å². The highest BCUT2D eigenvalue weighted by atomic mass is 16.5. The summed E-state index contributed by atoms with van der Waals surface area (Å²) >= 11 is 0. The van der Waals surface area contributed by atoms with Gasteiger partial charge < -0.3 is 9.64 Å². The molecule has 0 aliphatic heterocycles. The second-order valence-electron chi connectivity index (χ2n) is 6.59. The Bertz CT molecular complexity index is 598. The summed E-state index contributed by atoms with van der Waals surface area (Å²) < 4.78 is 6.02. The molecule has 2 rings (SSSR count). The lowest BCUT2D eigenvalue weighted by atomic mass is 9.91. The molecule has 1 unspecified atom stereocenters. The van der Waals surface area contributed by atoms with Gasteiger partial charge in [-0.1, -0.05) is 87.9 Å². The van der Waals surface area contributed by atoms with Crippen molar-refractivity contribution in [3.63, 3.8) is 0 Å². The summed E-state index contributed by atoms with van der Waals surface area (Å²) in [6.45, 7) is 9.15. The van der Waals surface area contributed by atoms with E-state index in [1.807, 2.05) is 60.7 Å².